The Morgan fingerprint density at radius 3 is 2.95 bits per heavy atom. The van der Waals surface area contributed by atoms with Crippen molar-refractivity contribution in [3.63, 3.8) is 0 Å². The predicted octanol–water partition coefficient (Wildman–Crippen LogP) is 1.22. The molecular weight excluding hydrogens is 280 g/mol. The van der Waals surface area contributed by atoms with E-state index in [1.165, 1.54) is 6.33 Å². The minimum atomic E-state index is 0.395. The fourth-order valence-electron chi connectivity index (χ4n) is 2.03. The number of rotatable bonds is 5. The average molecular weight is 294 g/mol. The van der Waals surface area contributed by atoms with Crippen LogP contribution in [0.3, 0.4) is 0 Å². The van der Waals surface area contributed by atoms with Crippen molar-refractivity contribution in [2.24, 2.45) is 0 Å². The third-order valence-corrected chi connectivity index (χ3v) is 2.98. The predicted molar refractivity (Wildman–Crippen MR) is 81.5 cm³/mol. The summed E-state index contributed by atoms with van der Waals surface area (Å²) in [5.74, 6) is 2.08. The minimum absolute atomic E-state index is 0.395. The van der Waals surface area contributed by atoms with Crippen LogP contribution < -0.4 is 10.6 Å². The molecule has 3 rings (SSSR count). The molecule has 0 saturated carbocycles. The molecule has 0 aromatic carbocycles. The number of anilines is 2. The van der Waals surface area contributed by atoms with E-state index in [0.717, 1.165) is 11.5 Å². The van der Waals surface area contributed by atoms with Crippen molar-refractivity contribution >= 4 is 17.4 Å². The molecule has 8 nitrogen and oxygen atoms in total. The summed E-state index contributed by atoms with van der Waals surface area (Å²) in [7, 11) is 0. The zero-order chi connectivity index (χ0) is 15.4. The van der Waals surface area contributed by atoms with Crippen molar-refractivity contribution in [2.75, 3.05) is 23.7 Å². The summed E-state index contributed by atoms with van der Waals surface area (Å²) >= 11 is 0. The summed E-state index contributed by atoms with van der Waals surface area (Å²) in [6, 6.07) is 9.22. The van der Waals surface area contributed by atoms with Crippen molar-refractivity contribution < 1.29 is 0 Å². The molecule has 0 aliphatic rings. The standard InChI is InChI=1S/C14H14N8/c1-10-7-13(22-14(20-10)18-9-19-22)17-6-5-16-12-4-2-3-11(8-15)21-12/h2-4,7,9,17H,5-6H2,1H3,(H,16,21). The summed E-state index contributed by atoms with van der Waals surface area (Å²) < 4.78 is 1.65. The normalized spacial score (nSPS) is 10.4. The first kappa shape index (κ1) is 13.8. The van der Waals surface area contributed by atoms with Gasteiger partial charge in [0.25, 0.3) is 5.78 Å². The Bertz CT molecular complexity index is 832. The van der Waals surface area contributed by atoms with E-state index in [9.17, 15) is 0 Å². The Hall–Kier alpha value is -3.21. The van der Waals surface area contributed by atoms with Gasteiger partial charge in [-0.25, -0.2) is 9.97 Å². The topological polar surface area (TPSA) is 104 Å². The molecule has 0 atom stereocenters. The molecule has 0 saturated heterocycles. The average Bonchev–Trinajstić information content (AvgIpc) is 3.00. The first-order valence-electron chi connectivity index (χ1n) is 6.78. The van der Waals surface area contributed by atoms with Crippen LogP contribution in [0.2, 0.25) is 0 Å². The number of fused-ring (bicyclic) bond motifs is 1. The maximum atomic E-state index is 8.81. The molecule has 0 aliphatic carbocycles. The molecule has 0 fully saturated rings. The van der Waals surface area contributed by atoms with E-state index in [-0.39, 0.29) is 0 Å². The van der Waals surface area contributed by atoms with Crippen LogP contribution in [0.5, 0.6) is 0 Å². The molecule has 2 N–H and O–H groups in total. The van der Waals surface area contributed by atoms with Crippen LogP contribution in [0.25, 0.3) is 5.78 Å². The Morgan fingerprint density at radius 2 is 2.09 bits per heavy atom. The van der Waals surface area contributed by atoms with Crippen LogP contribution in [0.15, 0.2) is 30.6 Å². The summed E-state index contributed by atoms with van der Waals surface area (Å²) in [6.45, 7) is 3.23. The summed E-state index contributed by atoms with van der Waals surface area (Å²) in [5, 5.41) is 19.4. The van der Waals surface area contributed by atoms with Crippen LogP contribution in [0, 0.1) is 18.3 Å². The van der Waals surface area contributed by atoms with Crippen molar-refractivity contribution in [1.82, 2.24) is 24.6 Å². The smallest absolute Gasteiger partial charge is 0.254 e. The maximum absolute atomic E-state index is 8.81. The number of nitriles is 1. The summed E-state index contributed by atoms with van der Waals surface area (Å²) in [4.78, 5) is 12.5. The maximum Gasteiger partial charge on any atom is 0.254 e. The van der Waals surface area contributed by atoms with Crippen LogP contribution in [-0.2, 0) is 0 Å². The highest BCUT2D eigenvalue weighted by molar-refractivity contribution is 5.45. The van der Waals surface area contributed by atoms with E-state index in [0.29, 0.717) is 30.4 Å². The molecule has 0 spiro atoms. The van der Waals surface area contributed by atoms with Crippen LogP contribution in [-0.4, -0.2) is 37.7 Å². The van der Waals surface area contributed by atoms with E-state index >= 15 is 0 Å². The fourth-order valence-corrected chi connectivity index (χ4v) is 2.03. The largest absolute Gasteiger partial charge is 0.368 e. The van der Waals surface area contributed by atoms with Gasteiger partial charge < -0.3 is 10.6 Å². The van der Waals surface area contributed by atoms with E-state index in [1.807, 2.05) is 25.1 Å². The van der Waals surface area contributed by atoms with E-state index in [1.54, 1.807) is 16.6 Å². The van der Waals surface area contributed by atoms with Crippen LogP contribution >= 0.6 is 0 Å². The van der Waals surface area contributed by atoms with Gasteiger partial charge in [-0.15, -0.1) is 0 Å². The second kappa shape index (κ2) is 6.05. The molecule has 3 aromatic rings. The first-order chi connectivity index (χ1) is 10.8. The first-order valence-corrected chi connectivity index (χ1v) is 6.78. The number of nitrogens with zero attached hydrogens (tertiary/aromatic N) is 6. The fraction of sp³-hybridized carbons (Fsp3) is 0.214. The molecule has 0 amide bonds. The highest BCUT2D eigenvalue weighted by atomic mass is 15.3. The second-order valence-corrected chi connectivity index (χ2v) is 4.63. The highest BCUT2D eigenvalue weighted by Gasteiger charge is 2.04. The number of hydrogen-bond acceptors (Lipinski definition) is 7. The zero-order valence-corrected chi connectivity index (χ0v) is 12.0. The summed E-state index contributed by atoms with van der Waals surface area (Å²) in [6.07, 6.45) is 1.47. The van der Waals surface area contributed by atoms with Crippen LogP contribution in [0.4, 0.5) is 11.6 Å². The third-order valence-electron chi connectivity index (χ3n) is 2.98. The van der Waals surface area contributed by atoms with E-state index in [2.05, 4.69) is 30.7 Å². The number of nitrogens with one attached hydrogen (secondary N) is 2. The number of pyridine rings is 1. The van der Waals surface area contributed by atoms with Crippen LogP contribution in [0.1, 0.15) is 11.4 Å². The van der Waals surface area contributed by atoms with Crippen molar-refractivity contribution in [2.45, 2.75) is 6.92 Å². The van der Waals surface area contributed by atoms with Crippen molar-refractivity contribution in [1.29, 1.82) is 5.26 Å². The van der Waals surface area contributed by atoms with Gasteiger partial charge in [-0.05, 0) is 19.1 Å². The minimum Gasteiger partial charge on any atom is -0.368 e. The van der Waals surface area contributed by atoms with Gasteiger partial charge in [0.2, 0.25) is 0 Å². The molecular formula is C14H14N8. The lowest BCUT2D eigenvalue weighted by Crippen LogP contribution is -2.16. The second-order valence-electron chi connectivity index (χ2n) is 4.63. The van der Waals surface area contributed by atoms with Gasteiger partial charge in [0.05, 0.1) is 0 Å². The Kier molecular flexibility index (Phi) is 3.78. The molecule has 0 aliphatic heterocycles. The van der Waals surface area contributed by atoms with Gasteiger partial charge in [-0.3, -0.25) is 0 Å². The summed E-state index contributed by atoms with van der Waals surface area (Å²) in [5.41, 5.74) is 1.27. The monoisotopic (exact) mass is 294 g/mol. The molecule has 8 heteroatoms. The number of aromatic nitrogens is 5. The van der Waals surface area contributed by atoms with E-state index < -0.39 is 0 Å². The molecule has 0 unspecified atom stereocenters. The quantitative estimate of drug-likeness (QED) is 0.682. The van der Waals surface area contributed by atoms with Crippen molar-refractivity contribution in [3.8, 4) is 6.07 Å². The van der Waals surface area contributed by atoms with Gasteiger partial charge in [-0.2, -0.15) is 19.9 Å². The van der Waals surface area contributed by atoms with Gasteiger partial charge >= 0.3 is 0 Å². The van der Waals surface area contributed by atoms with Gasteiger partial charge in [0.15, 0.2) is 0 Å². The molecule has 0 radical (unpaired) electrons. The Balaban J connectivity index is 1.60. The lowest BCUT2D eigenvalue weighted by atomic mass is 10.3. The number of aryl methyl sites for hydroxylation is 1. The van der Waals surface area contributed by atoms with E-state index in [4.69, 9.17) is 5.26 Å². The molecule has 3 aromatic heterocycles. The zero-order valence-electron chi connectivity index (χ0n) is 12.0. The van der Waals surface area contributed by atoms with Gasteiger partial charge in [0.1, 0.15) is 29.7 Å². The molecule has 22 heavy (non-hydrogen) atoms. The number of hydrogen-bond donors (Lipinski definition) is 2. The third kappa shape index (κ3) is 2.93. The van der Waals surface area contributed by atoms with Gasteiger partial charge in [0, 0.05) is 24.8 Å². The molecule has 3 heterocycles. The van der Waals surface area contributed by atoms with Gasteiger partial charge in [-0.1, -0.05) is 6.07 Å². The lowest BCUT2D eigenvalue weighted by molar-refractivity contribution is 0.914. The lowest BCUT2D eigenvalue weighted by Gasteiger charge is -2.10. The Labute approximate surface area is 126 Å². The van der Waals surface area contributed by atoms with Crippen molar-refractivity contribution in [3.05, 3.63) is 42.0 Å². The molecule has 110 valence electrons. The Morgan fingerprint density at radius 1 is 1.23 bits per heavy atom. The molecule has 0 bridgehead atoms. The highest BCUT2D eigenvalue weighted by Crippen LogP contribution is 2.09. The SMILES string of the molecule is Cc1cc(NCCNc2cccc(C#N)n2)n2ncnc2n1.